The van der Waals surface area contributed by atoms with Crippen LogP contribution in [0, 0.1) is 17.3 Å². The Balaban J connectivity index is 1.17. The maximum absolute atomic E-state index is 14.8. The molecule has 2 N–H and O–H groups in total. The highest BCUT2D eigenvalue weighted by Gasteiger charge is 2.47. The van der Waals surface area contributed by atoms with E-state index in [9.17, 15) is 19.2 Å². The van der Waals surface area contributed by atoms with E-state index in [4.69, 9.17) is 19.4 Å². The van der Waals surface area contributed by atoms with Crippen LogP contribution in [0.4, 0.5) is 4.79 Å². The molecule has 4 aromatic rings. The standard InChI is InChI=1S/C49H67N9O6S/c1-10-56-39-15-14-32-21-35(39)36(44(56)34-13-11-18-50-42(34)31(4)63-9)23-48(5,6)28-64-29-49(27-59)17-12-19-58(53-49)46(61)37(22-41-51-38(32)26-65-41)52-45(60)43(30(2)3)55(8)47(62)57-24-33-16-20-54(7)25-40(33)57/h11,13-15,18,21,26-27,30-31,33,37,40,43,53H,10,12,16-17,19-20,22-25,28-29H2,1-9H3,(H,52,60)/t31-,33-,37-,40-,43-,49?/m0/s1. The quantitative estimate of drug-likeness (QED) is 0.193. The number of aldehydes is 1. The number of carbonyl (C=O) groups is 4. The number of pyridine rings is 1. The number of carbonyl (C=O) groups excluding carboxylic acids is 4. The Labute approximate surface area is 387 Å². The monoisotopic (exact) mass is 909 g/mol. The summed E-state index contributed by atoms with van der Waals surface area (Å²) < 4.78 is 14.7. The first kappa shape index (κ1) is 46.8. The van der Waals surface area contributed by atoms with Crippen LogP contribution in [0.15, 0.2) is 41.9 Å². The number of urea groups is 1. The minimum absolute atomic E-state index is 0.0544. The summed E-state index contributed by atoms with van der Waals surface area (Å²) in [4.78, 5) is 72.1. The molecule has 4 aliphatic heterocycles. The SMILES string of the molecule is CCn1c(-c2cccnc2[C@H](C)OC)c2c3cc(ccc31)-c1csc(n1)C[C@H](NC(=O)[C@H](C(C)C)N(C)C(=O)N1C[C@@H]3CCN(C)C[C@@H]31)C(=O)N1CCCC(C=O)(COCC(C)(C)C2)N1. The Bertz CT molecular complexity index is 2410. The van der Waals surface area contributed by atoms with Gasteiger partial charge in [0.25, 0.3) is 5.91 Å². The van der Waals surface area contributed by atoms with Crippen molar-refractivity contribution in [3.05, 3.63) is 58.2 Å². The topological polar surface area (TPSA) is 154 Å². The third-order valence-electron chi connectivity index (χ3n) is 14.1. The highest BCUT2D eigenvalue weighted by Crippen LogP contribution is 2.42. The van der Waals surface area contributed by atoms with Crippen LogP contribution < -0.4 is 10.7 Å². The average molecular weight is 910 g/mol. The highest BCUT2D eigenvalue weighted by atomic mass is 32.1. The molecule has 3 fully saturated rings. The van der Waals surface area contributed by atoms with Gasteiger partial charge in [0.2, 0.25) is 5.91 Å². The van der Waals surface area contributed by atoms with E-state index in [1.807, 2.05) is 43.3 Å². The van der Waals surface area contributed by atoms with Crippen LogP contribution >= 0.6 is 11.3 Å². The van der Waals surface area contributed by atoms with E-state index in [-0.39, 0.29) is 48.4 Å². The average Bonchev–Trinajstić information content (AvgIpc) is 3.87. The lowest BCUT2D eigenvalue weighted by Crippen LogP contribution is -2.69. The Morgan fingerprint density at radius 3 is 2.69 bits per heavy atom. The first-order valence-electron chi connectivity index (χ1n) is 23.3. The van der Waals surface area contributed by atoms with E-state index in [2.05, 4.69) is 72.3 Å². The summed E-state index contributed by atoms with van der Waals surface area (Å²) in [5.74, 6) is -0.573. The molecule has 0 spiro atoms. The maximum Gasteiger partial charge on any atom is 0.320 e. The molecule has 1 aromatic carbocycles. The van der Waals surface area contributed by atoms with Crippen molar-refractivity contribution in [3.8, 4) is 22.5 Å². The zero-order valence-corrected chi connectivity index (χ0v) is 40.4. The third-order valence-corrected chi connectivity index (χ3v) is 15.0. The summed E-state index contributed by atoms with van der Waals surface area (Å²) in [6.07, 6.45) is 5.29. The molecule has 7 heterocycles. The number of piperidine rings is 1. The minimum atomic E-state index is -1.16. The maximum atomic E-state index is 14.8. The first-order chi connectivity index (χ1) is 31.1. The van der Waals surface area contributed by atoms with Crippen LogP contribution in [0.5, 0.6) is 0 Å². The fourth-order valence-corrected chi connectivity index (χ4v) is 11.4. The van der Waals surface area contributed by atoms with Gasteiger partial charge in [-0.2, -0.15) is 0 Å². The number of nitrogens with zero attached hydrogens (tertiary/aromatic N) is 7. The summed E-state index contributed by atoms with van der Waals surface area (Å²) in [5, 5.41) is 8.34. The highest BCUT2D eigenvalue weighted by molar-refractivity contribution is 7.10. The molecule has 15 nitrogen and oxygen atoms in total. The number of ether oxygens (including phenoxy) is 2. The van der Waals surface area contributed by atoms with Crippen molar-refractivity contribution in [2.24, 2.45) is 17.3 Å². The van der Waals surface area contributed by atoms with E-state index >= 15 is 0 Å². The van der Waals surface area contributed by atoms with Crippen molar-refractivity contribution in [2.45, 2.75) is 110 Å². The molecule has 1 unspecified atom stereocenters. The number of likely N-dealkylation sites (N-methyl/N-ethyl adjacent to an activating group) is 2. The van der Waals surface area contributed by atoms with Crippen molar-refractivity contribution in [1.29, 1.82) is 0 Å². The second-order valence-electron chi connectivity index (χ2n) is 19.9. The van der Waals surface area contributed by atoms with Crippen molar-refractivity contribution in [2.75, 3.05) is 60.6 Å². The number of aromatic nitrogens is 3. The molecule has 6 bridgehead atoms. The lowest BCUT2D eigenvalue weighted by Gasteiger charge is -2.54. The molecule has 0 radical (unpaired) electrons. The number of benzene rings is 1. The number of hydrazine groups is 1. The molecule has 6 atom stereocenters. The molecule has 65 heavy (non-hydrogen) atoms. The lowest BCUT2D eigenvalue weighted by atomic mass is 9.82. The molecule has 8 rings (SSSR count). The number of hydrogen-bond acceptors (Lipinski definition) is 11. The summed E-state index contributed by atoms with van der Waals surface area (Å²) in [6, 6.07) is 8.64. The fraction of sp³-hybridized carbons (Fsp3) is 0.592. The molecule has 4 amide bonds. The smallest absolute Gasteiger partial charge is 0.320 e. The summed E-state index contributed by atoms with van der Waals surface area (Å²) >= 11 is 1.44. The number of thiazole rings is 1. The largest absolute Gasteiger partial charge is 0.378 e. The second-order valence-corrected chi connectivity index (χ2v) is 20.9. The number of rotatable bonds is 9. The van der Waals surface area contributed by atoms with Gasteiger partial charge in [-0.15, -0.1) is 11.3 Å². The molecule has 350 valence electrons. The molecule has 0 aliphatic carbocycles. The van der Waals surface area contributed by atoms with Gasteiger partial charge in [0.1, 0.15) is 23.9 Å². The number of methoxy groups -OCH3 is 1. The van der Waals surface area contributed by atoms with Crippen LogP contribution in [-0.4, -0.2) is 143 Å². The normalized spacial score (nSPS) is 24.8. The van der Waals surface area contributed by atoms with Gasteiger partial charge in [-0.1, -0.05) is 33.8 Å². The summed E-state index contributed by atoms with van der Waals surface area (Å²) in [5.41, 5.74) is 8.63. The van der Waals surface area contributed by atoms with E-state index in [0.717, 1.165) is 77.0 Å². The van der Waals surface area contributed by atoms with E-state index in [1.165, 1.54) is 16.3 Å². The summed E-state index contributed by atoms with van der Waals surface area (Å²) in [6.45, 7) is 16.3. The van der Waals surface area contributed by atoms with Gasteiger partial charge in [-0.3, -0.25) is 19.6 Å². The number of hydrogen-bond donors (Lipinski definition) is 2. The van der Waals surface area contributed by atoms with E-state index in [1.54, 1.807) is 19.1 Å². The molecule has 16 heteroatoms. The molecular weight excluding hydrogens is 843 g/mol. The number of amides is 4. The van der Waals surface area contributed by atoms with E-state index < -0.39 is 23.5 Å². The van der Waals surface area contributed by atoms with Gasteiger partial charge < -0.3 is 38.9 Å². The van der Waals surface area contributed by atoms with E-state index in [0.29, 0.717) is 49.9 Å². The van der Waals surface area contributed by atoms with Gasteiger partial charge in [-0.25, -0.2) is 15.2 Å². The zero-order chi connectivity index (χ0) is 46.4. The zero-order valence-electron chi connectivity index (χ0n) is 39.6. The second kappa shape index (κ2) is 18.9. The van der Waals surface area contributed by atoms with Gasteiger partial charge >= 0.3 is 6.03 Å². The Morgan fingerprint density at radius 1 is 1.15 bits per heavy atom. The van der Waals surface area contributed by atoms with Crippen LogP contribution in [-0.2, 0) is 43.2 Å². The third kappa shape index (κ3) is 9.21. The number of fused-ring (bicyclic) bond motifs is 7. The van der Waals surface area contributed by atoms with Gasteiger partial charge in [0.05, 0.1) is 47.4 Å². The van der Waals surface area contributed by atoms with Crippen LogP contribution in [0.2, 0.25) is 0 Å². The first-order valence-corrected chi connectivity index (χ1v) is 24.2. The number of aryl methyl sites for hydroxylation is 1. The van der Waals surface area contributed by atoms with Crippen LogP contribution in [0.25, 0.3) is 33.4 Å². The summed E-state index contributed by atoms with van der Waals surface area (Å²) in [7, 11) is 5.47. The number of nitrogens with one attached hydrogen (secondary N) is 2. The van der Waals surface area contributed by atoms with Gasteiger partial charge in [0.15, 0.2) is 0 Å². The van der Waals surface area contributed by atoms with Crippen molar-refractivity contribution >= 4 is 46.4 Å². The van der Waals surface area contributed by atoms with Crippen molar-refractivity contribution in [1.82, 2.24) is 45.0 Å². The molecule has 0 saturated carbocycles. The molecule has 4 aliphatic rings. The minimum Gasteiger partial charge on any atom is -0.378 e. The number of likely N-dealkylation sites (tertiary alicyclic amines) is 2. The van der Waals surface area contributed by atoms with Crippen LogP contribution in [0.3, 0.4) is 0 Å². The Hall–Kier alpha value is -4.74. The fourth-order valence-electron chi connectivity index (χ4n) is 10.6. The van der Waals surface area contributed by atoms with Crippen LogP contribution in [0.1, 0.15) is 83.2 Å². The van der Waals surface area contributed by atoms with Crippen molar-refractivity contribution in [3.63, 3.8) is 0 Å². The Kier molecular flexibility index (Phi) is 13.6. The molecular formula is C49H67N9O6S. The predicted molar refractivity (Wildman–Crippen MR) is 252 cm³/mol. The lowest BCUT2D eigenvalue weighted by molar-refractivity contribution is -0.147. The molecule has 3 aromatic heterocycles. The van der Waals surface area contributed by atoms with Gasteiger partial charge in [-0.05, 0) is 100 Å². The molecule has 3 saturated heterocycles. The Morgan fingerprint density at radius 2 is 1.95 bits per heavy atom. The predicted octanol–water partition coefficient (Wildman–Crippen LogP) is 5.96. The van der Waals surface area contributed by atoms with Gasteiger partial charge in [0, 0.05) is 80.4 Å². The van der Waals surface area contributed by atoms with Crippen molar-refractivity contribution < 1.29 is 28.7 Å².